The molecule has 1 aromatic heterocycles. The predicted molar refractivity (Wildman–Crippen MR) is 143 cm³/mol. The number of thiophene rings is 1. The monoisotopic (exact) mass is 517 g/mol. The standard InChI is InChI=1S/C26H35N3O4S2/c1-4-6-10-22(28-26(31)27-15-19-11-12-23-24(14-19)33-18-32-23)25(30)29(16-20(34-3)8-5-2)17-21-9-7-13-35-21/h7-9,11-14,22H,4-6,10,15-18H2,1-3H3,(H2,27,28,31)/b20-8-. The molecule has 9 heteroatoms. The molecule has 190 valence electrons. The summed E-state index contributed by atoms with van der Waals surface area (Å²) in [7, 11) is 0. The van der Waals surface area contributed by atoms with Crippen LogP contribution in [0.15, 0.2) is 46.7 Å². The number of allylic oxidation sites excluding steroid dienone is 1. The summed E-state index contributed by atoms with van der Waals surface area (Å²) in [4.78, 5) is 30.6. The van der Waals surface area contributed by atoms with Crippen LogP contribution in [0.2, 0.25) is 0 Å². The maximum Gasteiger partial charge on any atom is 0.315 e. The van der Waals surface area contributed by atoms with Crippen LogP contribution in [0.3, 0.4) is 0 Å². The second-order valence-corrected chi connectivity index (χ2v) is 10.2. The summed E-state index contributed by atoms with van der Waals surface area (Å²) < 4.78 is 10.7. The van der Waals surface area contributed by atoms with E-state index in [1.54, 1.807) is 23.1 Å². The van der Waals surface area contributed by atoms with Gasteiger partial charge in [0.1, 0.15) is 6.04 Å². The van der Waals surface area contributed by atoms with Gasteiger partial charge in [-0.3, -0.25) is 4.79 Å². The topological polar surface area (TPSA) is 79.9 Å². The average molecular weight is 518 g/mol. The van der Waals surface area contributed by atoms with Gasteiger partial charge in [-0.25, -0.2) is 4.79 Å². The van der Waals surface area contributed by atoms with Crippen LogP contribution in [0.4, 0.5) is 4.79 Å². The van der Waals surface area contributed by atoms with Crippen molar-refractivity contribution < 1.29 is 19.1 Å². The molecule has 0 aliphatic carbocycles. The number of rotatable bonds is 13. The van der Waals surface area contributed by atoms with E-state index >= 15 is 0 Å². The number of nitrogens with zero attached hydrogens (tertiary/aromatic N) is 1. The number of thioether (sulfide) groups is 1. The van der Waals surface area contributed by atoms with Crippen LogP contribution in [-0.4, -0.2) is 42.5 Å². The molecular formula is C26H35N3O4S2. The molecule has 1 aromatic carbocycles. The zero-order valence-corrected chi connectivity index (χ0v) is 22.3. The lowest BCUT2D eigenvalue weighted by atomic mass is 10.1. The maximum atomic E-state index is 13.7. The molecule has 3 amide bonds. The second-order valence-electron chi connectivity index (χ2n) is 8.27. The second kappa shape index (κ2) is 14.0. The highest BCUT2D eigenvalue weighted by Crippen LogP contribution is 2.32. The van der Waals surface area contributed by atoms with Gasteiger partial charge in [0.15, 0.2) is 11.5 Å². The molecule has 1 aliphatic heterocycles. The highest BCUT2D eigenvalue weighted by Gasteiger charge is 2.26. The molecule has 0 spiro atoms. The first kappa shape index (κ1) is 26.9. The SMILES string of the molecule is CC/C=C(/CN(Cc1cccs1)C(=O)C(CCCC)NC(=O)NCc1ccc2c(c1)OCO2)SC. The van der Waals surface area contributed by atoms with Gasteiger partial charge < -0.3 is 25.0 Å². The van der Waals surface area contributed by atoms with Gasteiger partial charge in [-0.15, -0.1) is 23.1 Å². The maximum absolute atomic E-state index is 13.7. The number of hydrogen-bond donors (Lipinski definition) is 2. The van der Waals surface area contributed by atoms with Crippen molar-refractivity contribution in [3.8, 4) is 11.5 Å². The smallest absolute Gasteiger partial charge is 0.315 e. The molecular weight excluding hydrogens is 482 g/mol. The number of benzene rings is 1. The number of ether oxygens (including phenoxy) is 2. The van der Waals surface area contributed by atoms with Crippen LogP contribution in [0.25, 0.3) is 0 Å². The minimum atomic E-state index is -0.587. The van der Waals surface area contributed by atoms with Crippen molar-refractivity contribution in [2.45, 2.75) is 58.7 Å². The Kier molecular flexibility index (Phi) is 10.8. The summed E-state index contributed by atoms with van der Waals surface area (Å²) in [5.74, 6) is 1.33. The van der Waals surface area contributed by atoms with Crippen molar-refractivity contribution >= 4 is 35.0 Å². The van der Waals surface area contributed by atoms with Crippen molar-refractivity contribution in [1.82, 2.24) is 15.5 Å². The number of hydrogen-bond acceptors (Lipinski definition) is 6. The molecule has 7 nitrogen and oxygen atoms in total. The molecule has 0 fully saturated rings. The summed E-state index contributed by atoms with van der Waals surface area (Å²) >= 11 is 3.30. The fourth-order valence-corrected chi connectivity index (χ4v) is 5.10. The van der Waals surface area contributed by atoms with Crippen LogP contribution < -0.4 is 20.1 Å². The minimum Gasteiger partial charge on any atom is -0.454 e. The highest BCUT2D eigenvalue weighted by molar-refractivity contribution is 8.02. The quantitative estimate of drug-likeness (QED) is 0.366. The van der Waals surface area contributed by atoms with Crippen LogP contribution >= 0.6 is 23.1 Å². The Balaban J connectivity index is 1.67. The molecule has 1 aliphatic rings. The Morgan fingerprint density at radius 1 is 1.23 bits per heavy atom. The zero-order chi connectivity index (χ0) is 25.0. The van der Waals surface area contributed by atoms with E-state index in [0.29, 0.717) is 37.6 Å². The van der Waals surface area contributed by atoms with E-state index in [2.05, 4.69) is 30.6 Å². The molecule has 0 bridgehead atoms. The molecule has 0 radical (unpaired) electrons. The van der Waals surface area contributed by atoms with E-state index < -0.39 is 6.04 Å². The fourth-order valence-electron chi connectivity index (χ4n) is 3.76. The van der Waals surface area contributed by atoms with Gasteiger partial charge >= 0.3 is 6.03 Å². The van der Waals surface area contributed by atoms with E-state index in [1.807, 2.05) is 46.9 Å². The summed E-state index contributed by atoms with van der Waals surface area (Å²) in [5, 5.41) is 7.84. The Hall–Kier alpha value is -2.65. The van der Waals surface area contributed by atoms with Crippen molar-refractivity contribution in [3.63, 3.8) is 0 Å². The molecule has 0 saturated heterocycles. The number of carbonyl (C=O) groups excluding carboxylic acids is 2. The highest BCUT2D eigenvalue weighted by atomic mass is 32.2. The van der Waals surface area contributed by atoms with Gasteiger partial charge in [0.05, 0.1) is 13.1 Å². The number of nitrogens with one attached hydrogen (secondary N) is 2. The number of unbranched alkanes of at least 4 members (excludes halogenated alkanes) is 1. The third-order valence-electron chi connectivity index (χ3n) is 5.62. The number of fused-ring (bicyclic) bond motifs is 1. The Morgan fingerprint density at radius 3 is 2.77 bits per heavy atom. The Labute approximate surface area is 216 Å². The lowest BCUT2D eigenvalue weighted by molar-refractivity contribution is -0.133. The van der Waals surface area contributed by atoms with E-state index in [9.17, 15) is 9.59 Å². The van der Waals surface area contributed by atoms with Crippen molar-refractivity contribution in [2.24, 2.45) is 0 Å². The minimum absolute atomic E-state index is 0.0545. The van der Waals surface area contributed by atoms with Crippen molar-refractivity contribution in [3.05, 3.63) is 57.1 Å². The lowest BCUT2D eigenvalue weighted by Gasteiger charge is -2.28. The van der Waals surface area contributed by atoms with Gasteiger partial charge in [-0.2, -0.15) is 0 Å². The molecule has 35 heavy (non-hydrogen) atoms. The molecule has 0 saturated carbocycles. The number of urea groups is 1. The van der Waals surface area contributed by atoms with Gasteiger partial charge in [-0.05, 0) is 53.1 Å². The van der Waals surface area contributed by atoms with Crippen LogP contribution in [0, 0.1) is 0 Å². The molecule has 3 rings (SSSR count). The Morgan fingerprint density at radius 2 is 2.06 bits per heavy atom. The first-order chi connectivity index (χ1) is 17.0. The summed E-state index contributed by atoms with van der Waals surface area (Å²) in [5.41, 5.74) is 0.898. The third kappa shape index (κ3) is 8.21. The molecule has 1 unspecified atom stereocenters. The van der Waals surface area contributed by atoms with Gasteiger partial charge in [0, 0.05) is 11.4 Å². The van der Waals surface area contributed by atoms with Crippen molar-refractivity contribution in [1.29, 1.82) is 0 Å². The van der Waals surface area contributed by atoms with Crippen LogP contribution in [0.5, 0.6) is 11.5 Å². The van der Waals surface area contributed by atoms with Crippen LogP contribution in [-0.2, 0) is 17.9 Å². The Bertz CT molecular complexity index is 994. The fraction of sp³-hybridized carbons (Fsp3) is 0.462. The normalized spacial score (nSPS) is 13.4. The third-order valence-corrected chi connectivity index (χ3v) is 7.30. The molecule has 2 heterocycles. The largest absolute Gasteiger partial charge is 0.454 e. The van der Waals surface area contributed by atoms with Gasteiger partial charge in [-0.1, -0.05) is 44.9 Å². The van der Waals surface area contributed by atoms with E-state index in [-0.39, 0.29) is 18.7 Å². The molecule has 2 N–H and O–H groups in total. The summed E-state index contributed by atoms with van der Waals surface area (Å²) in [6, 6.07) is 8.67. The van der Waals surface area contributed by atoms with Crippen LogP contribution in [0.1, 0.15) is 50.0 Å². The van der Waals surface area contributed by atoms with Crippen molar-refractivity contribution in [2.75, 3.05) is 19.6 Å². The number of amides is 3. The summed E-state index contributed by atoms with van der Waals surface area (Å²) in [6.07, 6.45) is 7.50. The first-order valence-corrected chi connectivity index (χ1v) is 14.1. The van der Waals surface area contributed by atoms with Gasteiger partial charge in [0.25, 0.3) is 0 Å². The van der Waals surface area contributed by atoms with E-state index in [0.717, 1.165) is 34.6 Å². The molecule has 1 atom stereocenters. The first-order valence-electron chi connectivity index (χ1n) is 12.0. The lowest BCUT2D eigenvalue weighted by Crippen LogP contribution is -2.51. The van der Waals surface area contributed by atoms with Gasteiger partial charge in [0.2, 0.25) is 12.7 Å². The zero-order valence-electron chi connectivity index (χ0n) is 20.7. The average Bonchev–Trinajstić information content (AvgIpc) is 3.55. The number of carbonyl (C=O) groups is 2. The summed E-state index contributed by atoms with van der Waals surface area (Å²) in [6.45, 7) is 5.78. The molecule has 2 aromatic rings. The predicted octanol–water partition coefficient (Wildman–Crippen LogP) is 5.52. The van der Waals surface area contributed by atoms with E-state index in [4.69, 9.17) is 9.47 Å². The van der Waals surface area contributed by atoms with E-state index in [1.165, 1.54) is 0 Å².